The molecule has 0 fully saturated rings. The summed E-state index contributed by atoms with van der Waals surface area (Å²) in [6.07, 6.45) is 4.28. The molecule has 0 aliphatic heterocycles. The van der Waals surface area contributed by atoms with Gasteiger partial charge in [0.15, 0.2) is 5.78 Å². The molecular formula is C14H10O2. The zero-order valence-corrected chi connectivity index (χ0v) is 8.60. The van der Waals surface area contributed by atoms with Crippen LogP contribution in [-0.2, 0) is 0 Å². The summed E-state index contributed by atoms with van der Waals surface area (Å²) in [6.45, 7) is 0. The molecule has 0 aromatic heterocycles. The van der Waals surface area contributed by atoms with Crippen LogP contribution in [0.5, 0.6) is 5.75 Å². The van der Waals surface area contributed by atoms with E-state index in [0.29, 0.717) is 12.0 Å². The van der Waals surface area contributed by atoms with Gasteiger partial charge in [-0.25, -0.2) is 0 Å². The minimum absolute atomic E-state index is 0.114. The molecule has 0 atom stereocenters. The maximum atomic E-state index is 11.7. The third-order valence-electron chi connectivity index (χ3n) is 2.93. The minimum Gasteiger partial charge on any atom is -0.507 e. The molecule has 0 amide bonds. The number of phenols is 1. The number of hydrogen-bond acceptors (Lipinski definition) is 2. The van der Waals surface area contributed by atoms with Gasteiger partial charge in [-0.15, -0.1) is 0 Å². The van der Waals surface area contributed by atoms with E-state index in [1.54, 1.807) is 18.2 Å². The number of carbonyl (C=O) groups is 1. The highest BCUT2D eigenvalue weighted by Crippen LogP contribution is 2.30. The molecule has 3 rings (SSSR count). The minimum atomic E-state index is 0.114. The Kier molecular flexibility index (Phi) is 1.83. The Labute approximate surface area is 92.8 Å². The Morgan fingerprint density at radius 1 is 1.19 bits per heavy atom. The van der Waals surface area contributed by atoms with Crippen molar-refractivity contribution in [2.24, 2.45) is 0 Å². The smallest absolute Gasteiger partial charge is 0.167 e. The Morgan fingerprint density at radius 2 is 2.06 bits per heavy atom. The molecule has 2 nitrogen and oxygen atoms in total. The van der Waals surface area contributed by atoms with Crippen LogP contribution in [0.1, 0.15) is 22.3 Å². The van der Waals surface area contributed by atoms with Gasteiger partial charge in [-0.1, -0.05) is 24.3 Å². The maximum Gasteiger partial charge on any atom is 0.167 e. The fourth-order valence-corrected chi connectivity index (χ4v) is 2.11. The van der Waals surface area contributed by atoms with Crippen LogP contribution in [0, 0.1) is 0 Å². The first-order valence-electron chi connectivity index (χ1n) is 5.21. The molecule has 0 saturated carbocycles. The molecule has 0 saturated heterocycles. The summed E-state index contributed by atoms with van der Waals surface area (Å²) in [5, 5.41) is 11.4. The number of carbonyl (C=O) groups excluding carboxylic acids is 1. The Balaban J connectivity index is 2.40. The number of phenolic OH excluding ortho intramolecular Hbond substituents is 1. The van der Waals surface area contributed by atoms with Gasteiger partial charge >= 0.3 is 0 Å². The van der Waals surface area contributed by atoms with Crippen molar-refractivity contribution in [3.05, 3.63) is 47.5 Å². The normalized spacial score (nSPS) is 14.1. The lowest BCUT2D eigenvalue weighted by Crippen LogP contribution is -2.03. The molecule has 16 heavy (non-hydrogen) atoms. The lowest BCUT2D eigenvalue weighted by atomic mass is 9.93. The monoisotopic (exact) mass is 210 g/mol. The van der Waals surface area contributed by atoms with Gasteiger partial charge in [-0.3, -0.25) is 4.79 Å². The van der Waals surface area contributed by atoms with Crippen molar-refractivity contribution in [1.29, 1.82) is 0 Å². The topological polar surface area (TPSA) is 37.3 Å². The van der Waals surface area contributed by atoms with Gasteiger partial charge in [0.1, 0.15) is 5.75 Å². The number of Topliss-reactive ketones (excluding diaryl/α,β-unsaturated/α-hetero) is 1. The summed E-state index contributed by atoms with van der Waals surface area (Å²) in [5.41, 5.74) is 1.64. The number of hydrogen-bond donors (Lipinski definition) is 1. The van der Waals surface area contributed by atoms with Crippen LogP contribution in [0.25, 0.3) is 16.8 Å². The molecular weight excluding hydrogens is 200 g/mol. The van der Waals surface area contributed by atoms with Crippen molar-refractivity contribution in [3.63, 3.8) is 0 Å². The third kappa shape index (κ3) is 1.23. The molecule has 0 radical (unpaired) electrons. The molecule has 78 valence electrons. The van der Waals surface area contributed by atoms with Gasteiger partial charge in [-0.05, 0) is 29.1 Å². The van der Waals surface area contributed by atoms with Gasteiger partial charge in [0.25, 0.3) is 0 Å². The molecule has 0 heterocycles. The van der Waals surface area contributed by atoms with Gasteiger partial charge in [-0.2, -0.15) is 0 Å². The van der Waals surface area contributed by atoms with Crippen molar-refractivity contribution in [1.82, 2.24) is 0 Å². The Bertz CT molecular complexity index is 624. The Hall–Kier alpha value is -2.09. The molecule has 1 aliphatic carbocycles. The lowest BCUT2D eigenvalue weighted by Gasteiger charge is -2.11. The van der Waals surface area contributed by atoms with Crippen LogP contribution < -0.4 is 0 Å². The molecule has 0 bridgehead atoms. The van der Waals surface area contributed by atoms with Gasteiger partial charge < -0.3 is 5.11 Å². The average Bonchev–Trinajstić information content (AvgIpc) is 2.28. The van der Waals surface area contributed by atoms with Crippen molar-refractivity contribution in [2.75, 3.05) is 0 Å². The second-order valence-corrected chi connectivity index (χ2v) is 3.97. The Morgan fingerprint density at radius 3 is 2.94 bits per heavy atom. The van der Waals surface area contributed by atoms with E-state index in [0.717, 1.165) is 16.3 Å². The van der Waals surface area contributed by atoms with Crippen LogP contribution >= 0.6 is 0 Å². The number of rotatable bonds is 0. The molecule has 0 spiro atoms. The molecule has 0 unspecified atom stereocenters. The molecule has 1 N–H and O–H groups in total. The predicted octanol–water partition coefficient (Wildman–Crippen LogP) is 3.15. The summed E-state index contributed by atoms with van der Waals surface area (Å²) in [4.78, 5) is 11.7. The number of aromatic hydroxyl groups is 1. The van der Waals surface area contributed by atoms with Crippen LogP contribution in [0.15, 0.2) is 36.4 Å². The highest BCUT2D eigenvalue weighted by atomic mass is 16.3. The maximum absolute atomic E-state index is 11.7. The van der Waals surface area contributed by atoms with Gasteiger partial charge in [0, 0.05) is 17.4 Å². The quantitative estimate of drug-likeness (QED) is 0.725. The van der Waals surface area contributed by atoms with Crippen molar-refractivity contribution < 1.29 is 9.90 Å². The second-order valence-electron chi connectivity index (χ2n) is 3.97. The first-order chi connectivity index (χ1) is 7.75. The van der Waals surface area contributed by atoms with E-state index in [9.17, 15) is 9.90 Å². The van der Waals surface area contributed by atoms with Crippen molar-refractivity contribution >= 4 is 22.6 Å². The zero-order valence-electron chi connectivity index (χ0n) is 8.60. The molecule has 2 aromatic rings. The standard InChI is InChI=1S/C14H10O2/c15-13-5-1-3-9-7-10-4-2-6-14(16)12(10)8-11(9)13/h1-5,7-8,15H,6H2. The largest absolute Gasteiger partial charge is 0.507 e. The lowest BCUT2D eigenvalue weighted by molar-refractivity contribution is 0.0994. The van der Waals surface area contributed by atoms with Gasteiger partial charge in [0.2, 0.25) is 0 Å². The van der Waals surface area contributed by atoms with Crippen molar-refractivity contribution in [2.45, 2.75) is 6.42 Å². The van der Waals surface area contributed by atoms with Crippen LogP contribution in [0.4, 0.5) is 0 Å². The predicted molar refractivity (Wildman–Crippen MR) is 63.6 cm³/mol. The van der Waals surface area contributed by atoms with Crippen LogP contribution in [0.2, 0.25) is 0 Å². The number of fused-ring (bicyclic) bond motifs is 2. The fourth-order valence-electron chi connectivity index (χ4n) is 2.11. The van der Waals surface area contributed by atoms with E-state index < -0.39 is 0 Å². The van der Waals surface area contributed by atoms with E-state index in [-0.39, 0.29) is 11.5 Å². The SMILES string of the molecule is O=C1CC=Cc2cc3cccc(O)c3cc21. The number of ketones is 1. The summed E-state index contributed by atoms with van der Waals surface area (Å²) in [5.74, 6) is 0.338. The first-order valence-corrected chi connectivity index (χ1v) is 5.21. The summed E-state index contributed by atoms with van der Waals surface area (Å²) in [6, 6.07) is 9.10. The average molecular weight is 210 g/mol. The summed E-state index contributed by atoms with van der Waals surface area (Å²) < 4.78 is 0. The fraction of sp³-hybridized carbons (Fsp3) is 0.0714. The van der Waals surface area contributed by atoms with Crippen LogP contribution in [-0.4, -0.2) is 10.9 Å². The first kappa shape index (κ1) is 9.16. The third-order valence-corrected chi connectivity index (χ3v) is 2.93. The summed E-state index contributed by atoms with van der Waals surface area (Å²) in [7, 11) is 0. The summed E-state index contributed by atoms with van der Waals surface area (Å²) >= 11 is 0. The number of benzene rings is 2. The zero-order chi connectivity index (χ0) is 11.1. The molecule has 2 heteroatoms. The van der Waals surface area contributed by atoms with E-state index >= 15 is 0 Å². The van der Waals surface area contributed by atoms with E-state index in [1.807, 2.05) is 24.3 Å². The number of allylic oxidation sites excluding steroid dienone is 1. The van der Waals surface area contributed by atoms with E-state index in [1.165, 1.54) is 0 Å². The molecule has 1 aliphatic rings. The van der Waals surface area contributed by atoms with E-state index in [4.69, 9.17) is 0 Å². The molecule has 2 aromatic carbocycles. The van der Waals surface area contributed by atoms with Crippen molar-refractivity contribution in [3.8, 4) is 5.75 Å². The highest BCUT2D eigenvalue weighted by molar-refractivity contribution is 6.07. The highest BCUT2D eigenvalue weighted by Gasteiger charge is 2.14. The van der Waals surface area contributed by atoms with E-state index in [2.05, 4.69) is 0 Å². The van der Waals surface area contributed by atoms with Gasteiger partial charge in [0.05, 0.1) is 0 Å². The second kappa shape index (κ2) is 3.20. The van der Waals surface area contributed by atoms with Crippen LogP contribution in [0.3, 0.4) is 0 Å².